The molecule has 24 heavy (non-hydrogen) atoms. The van der Waals surface area contributed by atoms with Crippen LogP contribution in [0.3, 0.4) is 0 Å². The molecule has 0 bridgehead atoms. The predicted octanol–water partition coefficient (Wildman–Crippen LogP) is 0.968. The van der Waals surface area contributed by atoms with Crippen molar-refractivity contribution < 1.29 is 4.79 Å². The Balaban J connectivity index is 1.91. The van der Waals surface area contributed by atoms with Gasteiger partial charge in [-0.2, -0.15) is 10.1 Å². The number of hydrogen-bond acceptors (Lipinski definition) is 5. The van der Waals surface area contributed by atoms with Gasteiger partial charge in [0, 0.05) is 23.3 Å². The minimum atomic E-state index is -0.165. The van der Waals surface area contributed by atoms with Crippen LogP contribution in [0.1, 0.15) is 44.1 Å². The van der Waals surface area contributed by atoms with E-state index in [2.05, 4.69) is 31.2 Å². The molecule has 2 aromatic rings. The van der Waals surface area contributed by atoms with E-state index >= 15 is 0 Å². The molecule has 2 aromatic heterocycles. The molecule has 3 N–H and O–H groups in total. The lowest BCUT2D eigenvalue weighted by atomic mass is 10.1. The summed E-state index contributed by atoms with van der Waals surface area (Å²) in [5.74, 6) is 0.420. The maximum absolute atomic E-state index is 12.0. The lowest BCUT2D eigenvalue weighted by molar-refractivity contribution is -0.121. The predicted molar refractivity (Wildman–Crippen MR) is 95.3 cm³/mol. The molecular formula is C15H23N7OS. The fourth-order valence-electron chi connectivity index (χ4n) is 2.32. The second-order valence-corrected chi connectivity index (χ2v) is 7.02. The van der Waals surface area contributed by atoms with E-state index in [-0.39, 0.29) is 11.4 Å². The summed E-state index contributed by atoms with van der Waals surface area (Å²) in [5, 5.41) is 7.59. The van der Waals surface area contributed by atoms with E-state index in [1.807, 2.05) is 34.6 Å². The molecule has 2 heterocycles. The van der Waals surface area contributed by atoms with Crippen LogP contribution in [-0.2, 0) is 11.2 Å². The van der Waals surface area contributed by atoms with Crippen molar-refractivity contribution in [3.63, 3.8) is 0 Å². The standard InChI is InChI=1S/C15H23N7OS/c1-9-11(10(2)22-13(18-9)16-8-17-22)6-7-12(23)20-21-14(24)19-15(3,4)5/h8H,6-7H2,1-5H3,(H,20,23)(H2,19,21,24). The summed E-state index contributed by atoms with van der Waals surface area (Å²) in [7, 11) is 0. The van der Waals surface area contributed by atoms with Gasteiger partial charge in [-0.05, 0) is 58.8 Å². The van der Waals surface area contributed by atoms with Crippen molar-refractivity contribution in [1.82, 2.24) is 35.8 Å². The maximum Gasteiger partial charge on any atom is 0.252 e. The molecule has 0 aromatic carbocycles. The van der Waals surface area contributed by atoms with Gasteiger partial charge >= 0.3 is 0 Å². The molecule has 2 rings (SSSR count). The van der Waals surface area contributed by atoms with E-state index < -0.39 is 0 Å². The van der Waals surface area contributed by atoms with E-state index in [4.69, 9.17) is 12.2 Å². The van der Waals surface area contributed by atoms with Crippen LogP contribution in [0.2, 0.25) is 0 Å². The van der Waals surface area contributed by atoms with Crippen LogP contribution in [0, 0.1) is 13.8 Å². The average molecular weight is 349 g/mol. The first kappa shape index (κ1) is 18.1. The Morgan fingerprint density at radius 3 is 2.67 bits per heavy atom. The molecule has 0 saturated heterocycles. The Morgan fingerprint density at radius 2 is 2.00 bits per heavy atom. The molecule has 8 nitrogen and oxygen atoms in total. The van der Waals surface area contributed by atoms with Crippen molar-refractivity contribution in [3.8, 4) is 0 Å². The zero-order valence-corrected chi connectivity index (χ0v) is 15.4. The number of nitrogens with zero attached hydrogens (tertiary/aromatic N) is 4. The minimum Gasteiger partial charge on any atom is -0.357 e. The number of carbonyl (C=O) groups is 1. The second-order valence-electron chi connectivity index (χ2n) is 6.61. The van der Waals surface area contributed by atoms with E-state index in [1.165, 1.54) is 6.33 Å². The molecule has 0 aliphatic carbocycles. The van der Waals surface area contributed by atoms with Crippen molar-refractivity contribution in [2.75, 3.05) is 0 Å². The molecule has 0 atom stereocenters. The number of amides is 1. The van der Waals surface area contributed by atoms with Crippen LogP contribution >= 0.6 is 12.2 Å². The van der Waals surface area contributed by atoms with Gasteiger partial charge in [-0.3, -0.25) is 15.6 Å². The molecule has 0 radical (unpaired) electrons. The molecule has 0 unspecified atom stereocenters. The summed E-state index contributed by atoms with van der Waals surface area (Å²) in [5.41, 5.74) is 7.94. The van der Waals surface area contributed by atoms with Gasteiger partial charge in [-0.15, -0.1) is 0 Å². The summed E-state index contributed by atoms with van der Waals surface area (Å²) in [6, 6.07) is 0. The van der Waals surface area contributed by atoms with Crippen molar-refractivity contribution in [2.24, 2.45) is 0 Å². The SMILES string of the molecule is Cc1nc2ncnn2c(C)c1CCC(=O)NNC(=S)NC(C)(C)C. The largest absolute Gasteiger partial charge is 0.357 e. The number of hydrazine groups is 1. The highest BCUT2D eigenvalue weighted by atomic mass is 32.1. The van der Waals surface area contributed by atoms with E-state index in [1.54, 1.807) is 4.52 Å². The first-order chi connectivity index (χ1) is 11.2. The third kappa shape index (κ3) is 4.60. The summed E-state index contributed by atoms with van der Waals surface area (Å²) >= 11 is 5.12. The Bertz CT molecular complexity index is 763. The van der Waals surface area contributed by atoms with Gasteiger partial charge in [0.05, 0.1) is 0 Å². The van der Waals surface area contributed by atoms with Gasteiger partial charge in [0.15, 0.2) is 5.11 Å². The normalized spacial score (nSPS) is 11.4. The molecule has 9 heteroatoms. The molecular weight excluding hydrogens is 326 g/mol. The van der Waals surface area contributed by atoms with Crippen molar-refractivity contribution in [2.45, 2.75) is 53.0 Å². The number of fused-ring (bicyclic) bond motifs is 1. The first-order valence-electron chi connectivity index (χ1n) is 7.70. The highest BCUT2D eigenvalue weighted by Crippen LogP contribution is 2.14. The van der Waals surface area contributed by atoms with Crippen molar-refractivity contribution in [1.29, 1.82) is 0 Å². The monoisotopic (exact) mass is 349 g/mol. The van der Waals surface area contributed by atoms with Crippen LogP contribution in [0.15, 0.2) is 6.33 Å². The van der Waals surface area contributed by atoms with Crippen LogP contribution in [-0.4, -0.2) is 36.1 Å². The minimum absolute atomic E-state index is 0.148. The summed E-state index contributed by atoms with van der Waals surface area (Å²) in [6.07, 6.45) is 2.35. The lowest BCUT2D eigenvalue weighted by Crippen LogP contribution is -2.52. The van der Waals surface area contributed by atoms with Gasteiger partial charge in [0.25, 0.3) is 5.78 Å². The zero-order valence-electron chi connectivity index (χ0n) is 14.6. The Kier molecular flexibility index (Phi) is 5.33. The van der Waals surface area contributed by atoms with Gasteiger partial charge in [0.2, 0.25) is 5.91 Å². The molecule has 0 aliphatic rings. The summed E-state index contributed by atoms with van der Waals surface area (Å²) in [6.45, 7) is 9.82. The summed E-state index contributed by atoms with van der Waals surface area (Å²) in [4.78, 5) is 20.5. The molecule has 0 spiro atoms. The van der Waals surface area contributed by atoms with Gasteiger partial charge in [-0.1, -0.05) is 0 Å². The number of rotatable bonds is 3. The highest BCUT2D eigenvalue weighted by molar-refractivity contribution is 7.80. The molecule has 1 amide bonds. The third-order valence-corrected chi connectivity index (χ3v) is 3.60. The molecule has 0 aliphatic heterocycles. The number of thiocarbonyl (C=S) groups is 1. The van der Waals surface area contributed by atoms with Crippen molar-refractivity contribution in [3.05, 3.63) is 23.3 Å². The highest BCUT2D eigenvalue weighted by Gasteiger charge is 2.14. The molecule has 130 valence electrons. The van der Waals surface area contributed by atoms with Crippen molar-refractivity contribution >= 4 is 29.0 Å². The van der Waals surface area contributed by atoms with Crippen LogP contribution in [0.5, 0.6) is 0 Å². The number of nitrogens with one attached hydrogen (secondary N) is 3. The van der Waals surface area contributed by atoms with Crippen LogP contribution in [0.4, 0.5) is 0 Å². The summed E-state index contributed by atoms with van der Waals surface area (Å²) < 4.78 is 1.68. The zero-order chi connectivity index (χ0) is 17.9. The smallest absolute Gasteiger partial charge is 0.252 e. The maximum atomic E-state index is 12.0. The fraction of sp³-hybridized carbons (Fsp3) is 0.533. The molecule has 0 fully saturated rings. The van der Waals surface area contributed by atoms with Crippen LogP contribution in [0.25, 0.3) is 5.78 Å². The van der Waals surface area contributed by atoms with Gasteiger partial charge < -0.3 is 5.32 Å². The fourth-order valence-corrected chi connectivity index (χ4v) is 2.67. The van der Waals surface area contributed by atoms with Gasteiger partial charge in [0.1, 0.15) is 6.33 Å². The second kappa shape index (κ2) is 7.08. The topological polar surface area (TPSA) is 96.2 Å². The number of hydrogen-bond donors (Lipinski definition) is 3. The van der Waals surface area contributed by atoms with E-state index in [9.17, 15) is 4.79 Å². The average Bonchev–Trinajstić information content (AvgIpc) is 2.91. The number of aromatic nitrogens is 4. The van der Waals surface area contributed by atoms with Crippen LogP contribution < -0.4 is 16.2 Å². The van der Waals surface area contributed by atoms with E-state index in [0.29, 0.717) is 23.7 Å². The van der Waals surface area contributed by atoms with E-state index in [0.717, 1.165) is 17.0 Å². The first-order valence-corrected chi connectivity index (χ1v) is 8.11. The Hall–Kier alpha value is -2.29. The Labute approximate surface area is 146 Å². The molecule has 0 saturated carbocycles. The third-order valence-electron chi connectivity index (χ3n) is 3.39. The lowest BCUT2D eigenvalue weighted by Gasteiger charge is -2.23. The van der Waals surface area contributed by atoms with Gasteiger partial charge in [-0.25, -0.2) is 9.50 Å². The quantitative estimate of drug-likeness (QED) is 0.561. The number of aryl methyl sites for hydroxylation is 2. The number of carbonyl (C=O) groups excluding carboxylic acids is 1. The Morgan fingerprint density at radius 1 is 1.29 bits per heavy atom.